The van der Waals surface area contributed by atoms with Crippen LogP contribution in [0.1, 0.15) is 11.3 Å². The lowest BCUT2D eigenvalue weighted by molar-refractivity contribution is 0.628. The first-order chi connectivity index (χ1) is 13.5. The van der Waals surface area contributed by atoms with Gasteiger partial charge in [-0.2, -0.15) is 10.2 Å². The van der Waals surface area contributed by atoms with Gasteiger partial charge in [0.25, 0.3) is 5.56 Å². The molecule has 28 heavy (non-hydrogen) atoms. The number of nitrogens with two attached hydrogens (primary N) is 1. The number of halogens is 1. The van der Waals surface area contributed by atoms with Crippen LogP contribution in [0, 0.1) is 12.7 Å². The van der Waals surface area contributed by atoms with Crippen LogP contribution < -0.4 is 11.3 Å². The van der Waals surface area contributed by atoms with E-state index in [9.17, 15) is 9.18 Å². The molecule has 4 rings (SSSR count). The number of nitrogen functional groups attached to an aromatic ring is 1. The largest absolute Gasteiger partial charge is 0.394 e. The first kappa shape index (κ1) is 17.7. The number of anilines is 1. The molecule has 2 heterocycles. The number of aromatic amines is 1. The molecule has 0 fully saturated rings. The van der Waals surface area contributed by atoms with Crippen molar-refractivity contribution in [1.82, 2.24) is 20.0 Å². The molecule has 0 spiro atoms. The van der Waals surface area contributed by atoms with Crippen molar-refractivity contribution < 1.29 is 4.39 Å². The molecular weight excluding hydrogens is 357 g/mol. The maximum atomic E-state index is 13.1. The van der Waals surface area contributed by atoms with Crippen LogP contribution in [0.3, 0.4) is 0 Å². The van der Waals surface area contributed by atoms with Crippen LogP contribution in [-0.4, -0.2) is 20.0 Å². The van der Waals surface area contributed by atoms with Gasteiger partial charge < -0.3 is 5.73 Å². The van der Waals surface area contributed by atoms with Crippen molar-refractivity contribution >= 4 is 5.69 Å². The van der Waals surface area contributed by atoms with E-state index in [1.165, 1.54) is 16.8 Å². The van der Waals surface area contributed by atoms with Gasteiger partial charge in [-0.05, 0) is 42.8 Å². The molecule has 0 aliphatic carbocycles. The Morgan fingerprint density at radius 1 is 1.11 bits per heavy atom. The van der Waals surface area contributed by atoms with E-state index >= 15 is 0 Å². The third-order valence-corrected chi connectivity index (χ3v) is 4.53. The van der Waals surface area contributed by atoms with E-state index in [-0.39, 0.29) is 17.1 Å². The van der Waals surface area contributed by atoms with Gasteiger partial charge in [-0.25, -0.2) is 9.07 Å². The highest BCUT2D eigenvalue weighted by Crippen LogP contribution is 2.28. The van der Waals surface area contributed by atoms with Gasteiger partial charge in [0.05, 0.1) is 29.2 Å². The van der Waals surface area contributed by atoms with Crippen molar-refractivity contribution in [3.8, 4) is 22.5 Å². The standard InChI is InChI=1S/C21H18FN5O/c1-13-19(18-11-17(24-25-18)15-7-9-16(22)10-8-15)20(23)21(28)27(26-13)12-14-5-3-2-4-6-14/h2-11H,12,23H2,1H3,(H,24,25). The number of hydrogen-bond donors (Lipinski definition) is 2. The van der Waals surface area contributed by atoms with Crippen molar-refractivity contribution in [2.75, 3.05) is 5.73 Å². The summed E-state index contributed by atoms with van der Waals surface area (Å²) in [4.78, 5) is 12.7. The van der Waals surface area contributed by atoms with Gasteiger partial charge in [0, 0.05) is 5.56 Å². The second-order valence-corrected chi connectivity index (χ2v) is 6.50. The molecule has 0 radical (unpaired) electrons. The maximum absolute atomic E-state index is 13.1. The van der Waals surface area contributed by atoms with Gasteiger partial charge in [-0.15, -0.1) is 0 Å². The Morgan fingerprint density at radius 2 is 1.82 bits per heavy atom. The summed E-state index contributed by atoms with van der Waals surface area (Å²) in [5, 5.41) is 11.6. The molecule has 4 aromatic rings. The van der Waals surface area contributed by atoms with Crippen molar-refractivity contribution in [3.63, 3.8) is 0 Å². The van der Waals surface area contributed by atoms with Gasteiger partial charge in [-0.1, -0.05) is 30.3 Å². The highest BCUT2D eigenvalue weighted by Gasteiger charge is 2.17. The fourth-order valence-corrected chi connectivity index (χ4v) is 3.14. The van der Waals surface area contributed by atoms with Crippen LogP contribution >= 0.6 is 0 Å². The number of nitrogens with zero attached hydrogens (tertiary/aromatic N) is 3. The molecule has 0 aliphatic rings. The van der Waals surface area contributed by atoms with Crippen LogP contribution in [0.15, 0.2) is 65.5 Å². The third-order valence-electron chi connectivity index (χ3n) is 4.53. The molecule has 0 unspecified atom stereocenters. The number of H-pyrrole nitrogens is 1. The fourth-order valence-electron chi connectivity index (χ4n) is 3.14. The summed E-state index contributed by atoms with van der Waals surface area (Å²) in [5.74, 6) is -0.314. The number of aryl methyl sites for hydroxylation is 1. The van der Waals surface area contributed by atoms with Crippen LogP contribution in [0.2, 0.25) is 0 Å². The lowest BCUT2D eigenvalue weighted by Gasteiger charge is -2.11. The van der Waals surface area contributed by atoms with E-state index in [2.05, 4.69) is 15.3 Å². The summed E-state index contributed by atoms with van der Waals surface area (Å²) < 4.78 is 14.5. The van der Waals surface area contributed by atoms with E-state index in [0.717, 1.165) is 11.1 Å². The molecule has 2 aromatic carbocycles. The average molecular weight is 375 g/mol. The molecule has 0 atom stereocenters. The molecule has 2 aromatic heterocycles. The Labute approximate surface area is 160 Å². The van der Waals surface area contributed by atoms with Crippen LogP contribution in [0.5, 0.6) is 0 Å². The van der Waals surface area contributed by atoms with Gasteiger partial charge in [-0.3, -0.25) is 9.89 Å². The molecule has 0 aliphatic heterocycles. The molecule has 7 heteroatoms. The topological polar surface area (TPSA) is 89.6 Å². The number of benzene rings is 2. The summed E-state index contributed by atoms with van der Waals surface area (Å²) in [7, 11) is 0. The minimum atomic E-state index is -0.359. The summed E-state index contributed by atoms with van der Waals surface area (Å²) >= 11 is 0. The number of rotatable bonds is 4. The summed E-state index contributed by atoms with van der Waals surface area (Å²) in [5.41, 5.74) is 9.99. The normalized spacial score (nSPS) is 10.9. The van der Waals surface area contributed by atoms with Gasteiger partial charge >= 0.3 is 0 Å². The van der Waals surface area contributed by atoms with E-state index in [0.29, 0.717) is 29.2 Å². The molecular formula is C21H18FN5O. The monoisotopic (exact) mass is 375 g/mol. The van der Waals surface area contributed by atoms with Crippen LogP contribution in [0.25, 0.3) is 22.5 Å². The molecule has 140 valence electrons. The lowest BCUT2D eigenvalue weighted by Crippen LogP contribution is -2.27. The summed E-state index contributed by atoms with van der Waals surface area (Å²) in [6.07, 6.45) is 0. The van der Waals surface area contributed by atoms with Gasteiger partial charge in [0.2, 0.25) is 0 Å². The Hall–Kier alpha value is -3.74. The molecule has 0 saturated heterocycles. The van der Waals surface area contributed by atoms with E-state index in [1.54, 1.807) is 25.1 Å². The second-order valence-electron chi connectivity index (χ2n) is 6.50. The van der Waals surface area contributed by atoms with Gasteiger partial charge in [0.1, 0.15) is 11.5 Å². The average Bonchev–Trinajstić information content (AvgIpc) is 3.17. The minimum Gasteiger partial charge on any atom is -0.394 e. The Morgan fingerprint density at radius 3 is 2.54 bits per heavy atom. The van der Waals surface area contributed by atoms with Crippen LogP contribution in [0.4, 0.5) is 10.1 Å². The fraction of sp³-hybridized carbons (Fsp3) is 0.0952. The van der Waals surface area contributed by atoms with Crippen LogP contribution in [-0.2, 0) is 6.54 Å². The zero-order valence-electron chi connectivity index (χ0n) is 15.2. The Kier molecular flexibility index (Phi) is 4.49. The number of hydrogen-bond acceptors (Lipinski definition) is 4. The predicted octanol–water partition coefficient (Wildman–Crippen LogP) is 3.38. The molecule has 6 nitrogen and oxygen atoms in total. The quantitative estimate of drug-likeness (QED) is 0.572. The van der Waals surface area contributed by atoms with E-state index < -0.39 is 0 Å². The number of aromatic nitrogens is 4. The third kappa shape index (κ3) is 3.29. The highest BCUT2D eigenvalue weighted by atomic mass is 19.1. The zero-order chi connectivity index (χ0) is 19.7. The lowest BCUT2D eigenvalue weighted by atomic mass is 10.1. The van der Waals surface area contributed by atoms with Crippen molar-refractivity contribution in [3.05, 3.63) is 88.1 Å². The molecule has 0 amide bonds. The van der Waals surface area contributed by atoms with Gasteiger partial charge in [0.15, 0.2) is 0 Å². The molecule has 3 N–H and O–H groups in total. The SMILES string of the molecule is Cc1nn(Cc2ccccc2)c(=O)c(N)c1-c1cc(-c2ccc(F)cc2)n[nH]1. The van der Waals surface area contributed by atoms with Crippen molar-refractivity contribution in [1.29, 1.82) is 0 Å². The summed E-state index contributed by atoms with van der Waals surface area (Å²) in [6, 6.07) is 17.4. The Balaban J connectivity index is 1.72. The highest BCUT2D eigenvalue weighted by molar-refractivity contribution is 5.77. The van der Waals surface area contributed by atoms with E-state index in [1.807, 2.05) is 30.3 Å². The predicted molar refractivity (Wildman–Crippen MR) is 106 cm³/mol. The summed E-state index contributed by atoms with van der Waals surface area (Å²) in [6.45, 7) is 2.14. The zero-order valence-corrected chi connectivity index (χ0v) is 15.2. The maximum Gasteiger partial charge on any atom is 0.290 e. The second kappa shape index (κ2) is 7.11. The number of nitrogens with one attached hydrogen (secondary N) is 1. The van der Waals surface area contributed by atoms with Crippen molar-refractivity contribution in [2.24, 2.45) is 0 Å². The minimum absolute atomic E-state index is 0.109. The first-order valence-electron chi connectivity index (χ1n) is 8.76. The molecule has 0 saturated carbocycles. The van der Waals surface area contributed by atoms with E-state index in [4.69, 9.17) is 5.73 Å². The van der Waals surface area contributed by atoms with Crippen molar-refractivity contribution in [2.45, 2.75) is 13.5 Å². The Bertz CT molecular complexity index is 1180. The first-order valence-corrected chi connectivity index (χ1v) is 8.76. The molecule has 0 bridgehead atoms. The smallest absolute Gasteiger partial charge is 0.290 e.